The van der Waals surface area contributed by atoms with Crippen LogP contribution in [-0.4, -0.2) is 60.7 Å². The molecule has 3 aromatic heterocycles. The molecule has 1 aliphatic rings. The molecule has 180 valence electrons. The summed E-state index contributed by atoms with van der Waals surface area (Å²) in [6.07, 6.45) is 2.30. The first-order valence-corrected chi connectivity index (χ1v) is 11.7. The molecule has 4 heterocycles. The highest BCUT2D eigenvalue weighted by atomic mass is 32.1. The fourth-order valence-corrected chi connectivity index (χ4v) is 4.73. The summed E-state index contributed by atoms with van der Waals surface area (Å²) in [5, 5.41) is 20.4. The lowest BCUT2D eigenvalue weighted by molar-refractivity contribution is -0.143. The van der Waals surface area contributed by atoms with Crippen LogP contribution < -0.4 is 5.32 Å². The van der Waals surface area contributed by atoms with Gasteiger partial charge < -0.3 is 15.3 Å². The molecule has 0 saturated carbocycles. The number of carbonyl (C=O) groups is 1. The largest absolute Gasteiger partial charge is 0.375 e. The zero-order chi connectivity index (χ0) is 24.6. The third-order valence-electron chi connectivity index (χ3n) is 5.73. The van der Waals surface area contributed by atoms with Gasteiger partial charge in [0, 0.05) is 43.4 Å². The highest BCUT2D eigenvalue weighted by Crippen LogP contribution is 2.36. The molecule has 2 N–H and O–H groups in total. The van der Waals surface area contributed by atoms with E-state index in [1.807, 2.05) is 11.4 Å². The number of aromatic nitrogens is 5. The number of hydrogen-bond acceptors (Lipinski definition) is 8. The minimum atomic E-state index is -2.50. The quantitative estimate of drug-likeness (QED) is 0.402. The number of carbonyl (C=O) groups excluding carboxylic acids is 1. The molecule has 4 aromatic rings. The number of benzene rings is 1. The topological polar surface area (TPSA) is 109 Å². The number of thiazole rings is 1. The highest BCUT2D eigenvalue weighted by molar-refractivity contribution is 7.13. The molecule has 0 unspecified atom stereocenters. The summed E-state index contributed by atoms with van der Waals surface area (Å²) in [5.74, 6) is -0.0306. The first-order chi connectivity index (χ1) is 16.8. The summed E-state index contributed by atoms with van der Waals surface area (Å²) in [5.41, 5.74) is 1.50. The van der Waals surface area contributed by atoms with Crippen LogP contribution in [0.15, 0.2) is 54.3 Å². The smallest absolute Gasteiger partial charge is 0.258 e. The predicted molar refractivity (Wildman–Crippen MR) is 126 cm³/mol. The Labute approximate surface area is 203 Å². The molecule has 35 heavy (non-hydrogen) atoms. The third kappa shape index (κ3) is 4.62. The molecular weight excluding hydrogens is 476 g/mol. The Morgan fingerprint density at radius 1 is 1.26 bits per heavy atom. The van der Waals surface area contributed by atoms with Gasteiger partial charge in [0.2, 0.25) is 5.95 Å². The molecule has 1 fully saturated rings. The summed E-state index contributed by atoms with van der Waals surface area (Å²) in [7, 11) is 1.68. The average Bonchev–Trinajstić information content (AvgIpc) is 3.57. The molecule has 9 nitrogen and oxygen atoms in total. The molecule has 1 saturated heterocycles. The molecular formula is C23H21F2N7O2S. The van der Waals surface area contributed by atoms with Crippen LogP contribution in [0.1, 0.15) is 12.0 Å². The monoisotopic (exact) mass is 497 g/mol. The van der Waals surface area contributed by atoms with E-state index in [0.29, 0.717) is 40.6 Å². The van der Waals surface area contributed by atoms with Crippen molar-refractivity contribution >= 4 is 28.9 Å². The molecule has 0 radical (unpaired) electrons. The van der Waals surface area contributed by atoms with Gasteiger partial charge >= 0.3 is 0 Å². The number of halogens is 2. The zero-order valence-corrected chi connectivity index (χ0v) is 19.4. The second-order valence-corrected chi connectivity index (χ2v) is 9.05. The van der Waals surface area contributed by atoms with Crippen LogP contribution >= 0.6 is 11.3 Å². The summed E-state index contributed by atoms with van der Waals surface area (Å²) >= 11 is 1.41. The van der Waals surface area contributed by atoms with Crippen molar-refractivity contribution in [2.45, 2.75) is 25.0 Å². The second-order valence-electron chi connectivity index (χ2n) is 8.19. The zero-order valence-electron chi connectivity index (χ0n) is 18.6. The van der Waals surface area contributed by atoms with Gasteiger partial charge in [0.05, 0.1) is 17.6 Å². The first kappa shape index (κ1) is 23.0. The molecule has 12 heteroatoms. The van der Waals surface area contributed by atoms with Crippen LogP contribution in [0.25, 0.3) is 22.0 Å². The van der Waals surface area contributed by atoms with E-state index in [1.165, 1.54) is 28.6 Å². The van der Waals surface area contributed by atoms with E-state index in [-0.39, 0.29) is 11.9 Å². The lowest BCUT2D eigenvalue weighted by Gasteiger charge is -2.21. The number of anilines is 2. The van der Waals surface area contributed by atoms with E-state index < -0.39 is 18.6 Å². The Morgan fingerprint density at radius 2 is 2.11 bits per heavy atom. The first-order valence-electron chi connectivity index (χ1n) is 10.8. The Bertz CT molecular complexity index is 1380. The number of amides is 1. The number of alkyl halides is 2. The maximum absolute atomic E-state index is 12.5. The molecule has 0 aliphatic carbocycles. The van der Waals surface area contributed by atoms with Crippen molar-refractivity contribution in [3.8, 4) is 22.0 Å². The van der Waals surface area contributed by atoms with Crippen molar-refractivity contribution in [2.75, 3.05) is 18.9 Å². The van der Waals surface area contributed by atoms with Crippen LogP contribution in [0.3, 0.4) is 0 Å². The lowest BCUT2D eigenvalue weighted by Crippen LogP contribution is -2.36. The summed E-state index contributed by atoms with van der Waals surface area (Å²) in [4.78, 5) is 27.3. The summed E-state index contributed by atoms with van der Waals surface area (Å²) < 4.78 is 26.2. The highest BCUT2D eigenvalue weighted by Gasteiger charge is 2.45. The van der Waals surface area contributed by atoms with Gasteiger partial charge in [0.15, 0.2) is 5.60 Å². The molecule has 1 amide bonds. The molecule has 1 atom stereocenters. The van der Waals surface area contributed by atoms with E-state index in [4.69, 9.17) is 0 Å². The maximum Gasteiger partial charge on any atom is 0.258 e. The molecule has 5 rings (SSSR count). The van der Waals surface area contributed by atoms with E-state index in [9.17, 15) is 18.7 Å². The van der Waals surface area contributed by atoms with Crippen LogP contribution in [0.5, 0.6) is 0 Å². The normalized spacial score (nSPS) is 18.0. The molecule has 1 aliphatic heterocycles. The van der Waals surface area contributed by atoms with Crippen molar-refractivity contribution < 1.29 is 18.7 Å². The number of aliphatic hydroxyl groups is 1. The van der Waals surface area contributed by atoms with Crippen molar-refractivity contribution in [3.63, 3.8) is 0 Å². The van der Waals surface area contributed by atoms with Crippen molar-refractivity contribution in [1.82, 2.24) is 29.6 Å². The van der Waals surface area contributed by atoms with E-state index >= 15 is 0 Å². The SMILES string of the molecule is CN1CC[C@@](O)(c2cccc(-c3nc(-c4ccnc(Nc5cnn(CC(F)F)c5)n4)cs3)c2)C1=O. The minimum Gasteiger partial charge on any atom is -0.375 e. The minimum absolute atomic E-state index is 0.279. The summed E-state index contributed by atoms with van der Waals surface area (Å²) in [6.45, 7) is 0.00564. The second kappa shape index (κ2) is 9.12. The lowest BCUT2D eigenvalue weighted by atomic mass is 9.91. The van der Waals surface area contributed by atoms with Crippen LogP contribution in [0.2, 0.25) is 0 Å². The van der Waals surface area contributed by atoms with Gasteiger partial charge in [-0.2, -0.15) is 5.10 Å². The molecule has 1 aromatic carbocycles. The van der Waals surface area contributed by atoms with Gasteiger partial charge in [-0.1, -0.05) is 18.2 Å². The number of likely N-dealkylation sites (tertiary alicyclic amines) is 1. The van der Waals surface area contributed by atoms with Gasteiger partial charge in [-0.15, -0.1) is 11.3 Å². The van der Waals surface area contributed by atoms with Crippen molar-refractivity contribution in [3.05, 3.63) is 59.9 Å². The number of nitrogens with zero attached hydrogens (tertiary/aromatic N) is 6. The number of nitrogens with one attached hydrogen (secondary N) is 1. The molecule has 0 spiro atoms. The molecule has 0 bridgehead atoms. The number of hydrogen-bond donors (Lipinski definition) is 2. The van der Waals surface area contributed by atoms with Gasteiger partial charge in [-0.3, -0.25) is 9.48 Å². The Balaban J connectivity index is 1.36. The van der Waals surface area contributed by atoms with E-state index in [2.05, 4.69) is 25.4 Å². The van der Waals surface area contributed by atoms with E-state index in [1.54, 1.807) is 37.5 Å². The van der Waals surface area contributed by atoms with Gasteiger partial charge in [-0.25, -0.2) is 23.7 Å². The van der Waals surface area contributed by atoms with Crippen LogP contribution in [0.4, 0.5) is 20.4 Å². The van der Waals surface area contributed by atoms with Gasteiger partial charge in [0.1, 0.15) is 17.2 Å². The number of likely N-dealkylation sites (N-methyl/N-ethyl adjacent to an activating group) is 1. The maximum atomic E-state index is 12.5. The van der Waals surface area contributed by atoms with Crippen molar-refractivity contribution in [1.29, 1.82) is 0 Å². The van der Waals surface area contributed by atoms with E-state index in [0.717, 1.165) is 10.2 Å². The Morgan fingerprint density at radius 3 is 2.89 bits per heavy atom. The average molecular weight is 498 g/mol. The Hall–Kier alpha value is -3.77. The van der Waals surface area contributed by atoms with Crippen molar-refractivity contribution in [2.24, 2.45) is 0 Å². The fourth-order valence-electron chi connectivity index (χ4n) is 3.92. The van der Waals surface area contributed by atoms with Crippen LogP contribution in [0, 0.1) is 0 Å². The standard InChI is InChI=1S/C23H21F2N7O2S/c1-31-8-6-23(34,21(31)33)15-4-2-3-14(9-15)20-29-18(13-35-20)17-5-7-26-22(30-17)28-16-10-27-32(11-16)12-19(24)25/h2-5,7,9-11,13,19,34H,6,8,12H2,1H3,(H,26,28,30)/t23-/m1/s1. The summed E-state index contributed by atoms with van der Waals surface area (Å²) in [6, 6.07) is 8.94. The fraction of sp³-hybridized carbons (Fsp3) is 0.261. The Kier molecular flexibility index (Phi) is 5.99. The third-order valence-corrected chi connectivity index (χ3v) is 6.62. The van der Waals surface area contributed by atoms with Gasteiger partial charge in [0.25, 0.3) is 12.3 Å². The number of rotatable bonds is 7. The van der Waals surface area contributed by atoms with Crippen LogP contribution in [-0.2, 0) is 16.9 Å². The van der Waals surface area contributed by atoms with Gasteiger partial charge in [-0.05, 0) is 17.7 Å². The predicted octanol–water partition coefficient (Wildman–Crippen LogP) is 3.52.